The molecule has 22 heavy (non-hydrogen) atoms. The Bertz CT molecular complexity index is 819. The van der Waals surface area contributed by atoms with E-state index >= 15 is 0 Å². The van der Waals surface area contributed by atoms with Gasteiger partial charge in [-0.3, -0.25) is 10.0 Å². The molecule has 1 aromatic heterocycles. The molecule has 0 saturated heterocycles. The Kier molecular flexibility index (Phi) is 3.98. The van der Waals surface area contributed by atoms with E-state index in [1.807, 2.05) is 54.9 Å². The van der Waals surface area contributed by atoms with Crippen LogP contribution in [0, 0.1) is 0 Å². The van der Waals surface area contributed by atoms with Gasteiger partial charge in [0.15, 0.2) is 0 Å². The van der Waals surface area contributed by atoms with Crippen molar-refractivity contribution in [3.63, 3.8) is 0 Å². The van der Waals surface area contributed by atoms with Gasteiger partial charge in [-0.05, 0) is 29.3 Å². The van der Waals surface area contributed by atoms with Gasteiger partial charge >= 0.3 is 0 Å². The summed E-state index contributed by atoms with van der Waals surface area (Å²) < 4.78 is 2.10. The molecule has 0 aliphatic carbocycles. The maximum Gasteiger partial charge on any atom is 0.267 e. The first kappa shape index (κ1) is 14.0. The summed E-state index contributed by atoms with van der Waals surface area (Å²) in [6.45, 7) is 0.738. The highest BCUT2D eigenvalue weighted by atomic mass is 16.5. The number of benzene rings is 2. The van der Waals surface area contributed by atoms with Gasteiger partial charge in [-0.1, -0.05) is 36.4 Å². The highest BCUT2D eigenvalue weighted by Gasteiger charge is 2.02. The molecule has 2 aromatic carbocycles. The molecule has 0 fully saturated rings. The molecule has 1 amide bonds. The van der Waals surface area contributed by atoms with E-state index < -0.39 is 5.91 Å². The summed E-state index contributed by atoms with van der Waals surface area (Å²) in [7, 11) is 0. The molecule has 0 atom stereocenters. The average Bonchev–Trinajstić information content (AvgIpc) is 2.97. The summed E-state index contributed by atoms with van der Waals surface area (Å²) in [6, 6.07) is 15.9. The third-order valence-corrected chi connectivity index (χ3v) is 3.40. The zero-order chi connectivity index (χ0) is 15.4. The minimum absolute atomic E-state index is 0.547. The number of carbonyl (C=O) groups excluding carboxylic acids is 1. The number of hydrogen-bond donors (Lipinski definition) is 2. The number of hydrogen-bond acceptors (Lipinski definition) is 3. The molecule has 0 aliphatic heterocycles. The molecular weight excluding hydrogens is 278 g/mol. The van der Waals surface area contributed by atoms with Crippen molar-refractivity contribution in [1.82, 2.24) is 15.0 Å². The van der Waals surface area contributed by atoms with Gasteiger partial charge in [-0.15, -0.1) is 0 Å². The smallest absolute Gasteiger partial charge is 0.267 e. The number of rotatable bonds is 4. The lowest BCUT2D eigenvalue weighted by molar-refractivity contribution is -0.124. The van der Waals surface area contributed by atoms with E-state index in [4.69, 9.17) is 5.21 Å². The molecule has 3 aromatic rings. The number of carbonyl (C=O) groups is 1. The molecule has 0 aliphatic rings. The Labute approximate surface area is 127 Å². The molecule has 2 N–H and O–H groups in total. The molecule has 0 saturated carbocycles. The van der Waals surface area contributed by atoms with E-state index in [0.717, 1.165) is 28.7 Å². The third kappa shape index (κ3) is 3.05. The van der Waals surface area contributed by atoms with Crippen LogP contribution in [-0.4, -0.2) is 20.7 Å². The van der Waals surface area contributed by atoms with Crippen LogP contribution in [0.1, 0.15) is 11.1 Å². The second-order valence-electron chi connectivity index (χ2n) is 4.91. The molecule has 0 spiro atoms. The Hall–Kier alpha value is -2.92. The first-order valence-corrected chi connectivity index (χ1v) is 6.87. The lowest BCUT2D eigenvalue weighted by Crippen LogP contribution is -2.14. The molecule has 5 heteroatoms. The number of hydroxylamine groups is 1. The van der Waals surface area contributed by atoms with E-state index in [-0.39, 0.29) is 0 Å². The summed E-state index contributed by atoms with van der Waals surface area (Å²) >= 11 is 0. The van der Waals surface area contributed by atoms with E-state index in [9.17, 15) is 4.79 Å². The van der Waals surface area contributed by atoms with Gasteiger partial charge < -0.3 is 4.57 Å². The van der Waals surface area contributed by atoms with E-state index in [0.29, 0.717) is 0 Å². The molecule has 3 rings (SSSR count). The minimum Gasteiger partial charge on any atom is -0.326 e. The summed E-state index contributed by atoms with van der Waals surface area (Å²) in [6.07, 6.45) is 4.75. The van der Waals surface area contributed by atoms with Crippen molar-refractivity contribution in [1.29, 1.82) is 0 Å². The quantitative estimate of drug-likeness (QED) is 0.441. The molecular formula is C17H15N3O2. The Morgan fingerprint density at radius 1 is 1.18 bits per heavy atom. The topological polar surface area (TPSA) is 67.2 Å². The molecule has 0 radical (unpaired) electrons. The van der Waals surface area contributed by atoms with Gasteiger partial charge in [0.1, 0.15) is 0 Å². The van der Waals surface area contributed by atoms with Crippen LogP contribution in [-0.2, 0) is 11.3 Å². The summed E-state index contributed by atoms with van der Waals surface area (Å²) in [5.41, 5.74) is 5.68. The van der Waals surface area contributed by atoms with Gasteiger partial charge in [-0.2, -0.15) is 0 Å². The standard InChI is InChI=1S/C17H15N3O2/c21-17(19-22)10-9-13-5-7-14(8-6-13)11-20-12-18-15-3-1-2-4-16(15)20/h1-10,12,22H,11H2,(H,19,21)/b10-9+. The number of fused-ring (bicyclic) bond motifs is 1. The van der Waals surface area contributed by atoms with Crippen molar-refractivity contribution in [2.45, 2.75) is 6.54 Å². The highest BCUT2D eigenvalue weighted by molar-refractivity contribution is 5.90. The van der Waals surface area contributed by atoms with Crippen molar-refractivity contribution in [2.24, 2.45) is 0 Å². The zero-order valence-electron chi connectivity index (χ0n) is 11.8. The maximum absolute atomic E-state index is 10.9. The third-order valence-electron chi connectivity index (χ3n) is 3.40. The normalized spacial score (nSPS) is 11.1. The number of imidazole rings is 1. The van der Waals surface area contributed by atoms with Crippen LogP contribution in [0.25, 0.3) is 17.1 Å². The molecule has 1 heterocycles. The van der Waals surface area contributed by atoms with E-state index in [1.165, 1.54) is 6.08 Å². The van der Waals surface area contributed by atoms with Crippen molar-refractivity contribution in [2.75, 3.05) is 0 Å². The minimum atomic E-state index is -0.547. The lowest BCUT2D eigenvalue weighted by Gasteiger charge is -2.05. The first-order valence-electron chi connectivity index (χ1n) is 6.87. The van der Waals surface area contributed by atoms with Crippen LogP contribution in [0.5, 0.6) is 0 Å². The second kappa shape index (κ2) is 6.24. The maximum atomic E-state index is 10.9. The second-order valence-corrected chi connectivity index (χ2v) is 4.91. The predicted octanol–water partition coefficient (Wildman–Crippen LogP) is 2.60. The number of nitrogens with zero attached hydrogens (tertiary/aromatic N) is 2. The molecule has 110 valence electrons. The Balaban J connectivity index is 1.76. The molecule has 0 unspecified atom stereocenters. The predicted molar refractivity (Wildman–Crippen MR) is 84.2 cm³/mol. The van der Waals surface area contributed by atoms with Gasteiger partial charge in [-0.25, -0.2) is 10.5 Å². The fraction of sp³-hybridized carbons (Fsp3) is 0.0588. The van der Waals surface area contributed by atoms with Crippen molar-refractivity contribution in [3.8, 4) is 0 Å². The Morgan fingerprint density at radius 2 is 1.95 bits per heavy atom. The van der Waals surface area contributed by atoms with Gasteiger partial charge in [0.2, 0.25) is 0 Å². The van der Waals surface area contributed by atoms with Crippen LogP contribution in [0.2, 0.25) is 0 Å². The summed E-state index contributed by atoms with van der Waals surface area (Å²) in [5.74, 6) is -0.547. The van der Waals surface area contributed by atoms with Gasteiger partial charge in [0.25, 0.3) is 5.91 Å². The highest BCUT2D eigenvalue weighted by Crippen LogP contribution is 2.14. The Morgan fingerprint density at radius 3 is 2.73 bits per heavy atom. The monoisotopic (exact) mass is 293 g/mol. The lowest BCUT2D eigenvalue weighted by atomic mass is 10.1. The van der Waals surface area contributed by atoms with Crippen LogP contribution in [0.3, 0.4) is 0 Å². The van der Waals surface area contributed by atoms with E-state index in [2.05, 4.69) is 9.55 Å². The van der Waals surface area contributed by atoms with Crippen LogP contribution >= 0.6 is 0 Å². The molecule has 0 bridgehead atoms. The largest absolute Gasteiger partial charge is 0.326 e. The zero-order valence-corrected chi connectivity index (χ0v) is 11.8. The van der Waals surface area contributed by atoms with Crippen molar-refractivity contribution >= 4 is 23.0 Å². The average molecular weight is 293 g/mol. The summed E-state index contributed by atoms with van der Waals surface area (Å²) in [5, 5.41) is 8.43. The number of aromatic nitrogens is 2. The fourth-order valence-electron chi connectivity index (χ4n) is 2.28. The van der Waals surface area contributed by atoms with Crippen molar-refractivity contribution in [3.05, 3.63) is 72.1 Å². The number of para-hydroxylation sites is 2. The number of amides is 1. The van der Waals surface area contributed by atoms with E-state index in [1.54, 1.807) is 11.6 Å². The number of nitrogens with one attached hydrogen (secondary N) is 1. The summed E-state index contributed by atoms with van der Waals surface area (Å²) in [4.78, 5) is 15.3. The van der Waals surface area contributed by atoms with Crippen molar-refractivity contribution < 1.29 is 10.0 Å². The van der Waals surface area contributed by atoms with Crippen LogP contribution < -0.4 is 5.48 Å². The first-order chi connectivity index (χ1) is 10.8. The molecule has 5 nitrogen and oxygen atoms in total. The van der Waals surface area contributed by atoms with Crippen LogP contribution in [0.15, 0.2) is 60.9 Å². The SMILES string of the molecule is O=C(/C=C/c1ccc(Cn2cnc3ccccc32)cc1)NO. The fourth-order valence-corrected chi connectivity index (χ4v) is 2.28. The van der Waals surface area contributed by atoms with Crippen LogP contribution in [0.4, 0.5) is 0 Å². The van der Waals surface area contributed by atoms with Gasteiger partial charge in [0.05, 0.1) is 17.4 Å². The van der Waals surface area contributed by atoms with Gasteiger partial charge in [0, 0.05) is 12.6 Å².